The van der Waals surface area contributed by atoms with E-state index in [9.17, 15) is 9.59 Å². The van der Waals surface area contributed by atoms with Crippen molar-refractivity contribution < 1.29 is 29.0 Å². The van der Waals surface area contributed by atoms with Crippen molar-refractivity contribution >= 4 is 23.0 Å². The minimum atomic E-state index is -0.947. The summed E-state index contributed by atoms with van der Waals surface area (Å²) in [6, 6.07) is 22.7. The zero-order valence-corrected chi connectivity index (χ0v) is 21.9. The monoisotopic (exact) mass is 530 g/mol. The fraction of sp³-hybridized carbons (Fsp3) is 0.323. The summed E-state index contributed by atoms with van der Waals surface area (Å²) in [7, 11) is 0. The van der Waals surface area contributed by atoms with Gasteiger partial charge < -0.3 is 19.4 Å². The van der Waals surface area contributed by atoms with E-state index >= 15 is 0 Å². The summed E-state index contributed by atoms with van der Waals surface area (Å²) in [5.74, 6) is -0.166. The van der Waals surface area contributed by atoms with Crippen molar-refractivity contribution in [2.24, 2.45) is 0 Å². The number of aromatic nitrogens is 1. The number of oxazole rings is 1. The number of aryl methyl sites for hydroxylation is 1. The Morgan fingerprint density at radius 3 is 2.38 bits per heavy atom. The Balaban J connectivity index is 1.31. The lowest BCUT2D eigenvalue weighted by atomic mass is 10.1. The third-order valence-electron chi connectivity index (χ3n) is 6.52. The predicted octanol–water partition coefficient (Wildman–Crippen LogP) is 5.84. The molecule has 0 spiro atoms. The molecule has 2 N–H and O–H groups in total. The first kappa shape index (κ1) is 27.9. The number of aromatic carboxylic acids is 1. The largest absolute Gasteiger partial charge is 0.493 e. The Labute approximate surface area is 227 Å². The van der Waals surface area contributed by atoms with Gasteiger partial charge in [-0.2, -0.15) is 0 Å². The molecule has 3 aromatic carbocycles. The zero-order chi connectivity index (χ0) is 27.5. The van der Waals surface area contributed by atoms with Gasteiger partial charge in [0.05, 0.1) is 12.2 Å². The van der Waals surface area contributed by atoms with E-state index in [4.69, 9.17) is 19.4 Å². The summed E-state index contributed by atoms with van der Waals surface area (Å²) >= 11 is 0. The maximum Gasteiger partial charge on any atom is 0.335 e. The molecule has 0 aliphatic carbocycles. The van der Waals surface area contributed by atoms with Crippen LogP contribution in [0, 0.1) is 0 Å². The second-order valence-electron chi connectivity index (χ2n) is 9.51. The Morgan fingerprint density at radius 2 is 1.62 bits per heavy atom. The molecule has 8 nitrogen and oxygen atoms in total. The van der Waals surface area contributed by atoms with E-state index in [1.165, 1.54) is 0 Å². The average molecular weight is 531 g/mol. The van der Waals surface area contributed by atoms with E-state index < -0.39 is 11.9 Å². The van der Waals surface area contributed by atoms with Gasteiger partial charge in [-0.25, -0.2) is 9.78 Å². The first-order valence-corrected chi connectivity index (χ1v) is 13.3. The van der Waals surface area contributed by atoms with Gasteiger partial charge >= 0.3 is 11.9 Å². The van der Waals surface area contributed by atoms with E-state index in [-0.39, 0.29) is 12.0 Å². The third kappa shape index (κ3) is 8.68. The number of carboxylic acid groups (broad SMARTS) is 2. The lowest BCUT2D eigenvalue weighted by molar-refractivity contribution is -0.137. The van der Waals surface area contributed by atoms with Crippen molar-refractivity contribution in [3.8, 4) is 5.75 Å². The summed E-state index contributed by atoms with van der Waals surface area (Å²) in [4.78, 5) is 28.9. The van der Waals surface area contributed by atoms with Gasteiger partial charge in [0.2, 0.25) is 0 Å². The third-order valence-corrected chi connectivity index (χ3v) is 6.52. The van der Waals surface area contributed by atoms with Crippen molar-refractivity contribution in [1.29, 1.82) is 0 Å². The molecule has 4 rings (SSSR count). The molecule has 0 radical (unpaired) electrons. The molecule has 0 aliphatic rings. The van der Waals surface area contributed by atoms with Crippen LogP contribution < -0.4 is 4.74 Å². The van der Waals surface area contributed by atoms with Crippen molar-refractivity contribution in [2.75, 3.05) is 19.7 Å². The highest BCUT2D eigenvalue weighted by Crippen LogP contribution is 2.21. The van der Waals surface area contributed by atoms with Crippen LogP contribution in [0.3, 0.4) is 0 Å². The number of nitrogens with zero attached hydrogens (tertiary/aromatic N) is 2. The van der Waals surface area contributed by atoms with Crippen LogP contribution in [0.5, 0.6) is 5.75 Å². The van der Waals surface area contributed by atoms with Gasteiger partial charge in [0.25, 0.3) is 0 Å². The standard InChI is InChI=1S/C31H34N2O6/c34-30(35)13-5-6-19-33(22-23-14-16-25(17-15-23)31(36)37)20-18-24-8-1-3-10-27(24)38-21-7-12-29-32-26-9-2-4-11-28(26)39-29/h1-4,8-11,14-17H,5-7,12-13,18-22H2,(H,34,35)(H,36,37). The Kier molecular flexibility index (Phi) is 10.1. The van der Waals surface area contributed by atoms with E-state index in [2.05, 4.69) is 16.0 Å². The number of hydrogen-bond donors (Lipinski definition) is 2. The van der Waals surface area contributed by atoms with E-state index in [0.29, 0.717) is 31.9 Å². The van der Waals surface area contributed by atoms with Crippen molar-refractivity contribution in [2.45, 2.75) is 45.1 Å². The number of fused-ring (bicyclic) bond motifs is 1. The molecule has 0 amide bonds. The molecule has 0 saturated heterocycles. The van der Waals surface area contributed by atoms with Crippen molar-refractivity contribution in [3.05, 3.63) is 95.4 Å². The molecule has 39 heavy (non-hydrogen) atoms. The fourth-order valence-corrected chi connectivity index (χ4v) is 4.45. The van der Waals surface area contributed by atoms with Crippen LogP contribution in [0.15, 0.2) is 77.2 Å². The van der Waals surface area contributed by atoms with E-state index in [1.807, 2.05) is 54.6 Å². The number of carbonyl (C=O) groups is 2. The highest BCUT2D eigenvalue weighted by atomic mass is 16.5. The van der Waals surface area contributed by atoms with Gasteiger partial charge in [-0.1, -0.05) is 42.5 Å². The summed E-state index contributed by atoms with van der Waals surface area (Å²) in [5.41, 5.74) is 4.04. The number of para-hydroxylation sites is 3. The lowest BCUT2D eigenvalue weighted by Gasteiger charge is -2.23. The predicted molar refractivity (Wildman–Crippen MR) is 148 cm³/mol. The van der Waals surface area contributed by atoms with Gasteiger partial charge in [-0.3, -0.25) is 9.69 Å². The Hall–Kier alpha value is -4.17. The van der Waals surface area contributed by atoms with E-state index in [0.717, 1.165) is 60.3 Å². The maximum absolute atomic E-state index is 11.2. The van der Waals surface area contributed by atoms with Gasteiger partial charge in [0.15, 0.2) is 11.5 Å². The van der Waals surface area contributed by atoms with Crippen LogP contribution >= 0.6 is 0 Å². The molecule has 204 valence electrons. The van der Waals surface area contributed by atoms with Crippen LogP contribution in [-0.2, 0) is 24.2 Å². The van der Waals surface area contributed by atoms with Crippen LogP contribution in [0.25, 0.3) is 11.1 Å². The molecule has 0 bridgehead atoms. The second-order valence-corrected chi connectivity index (χ2v) is 9.51. The molecule has 4 aromatic rings. The number of carboxylic acids is 2. The zero-order valence-electron chi connectivity index (χ0n) is 21.9. The first-order valence-electron chi connectivity index (χ1n) is 13.3. The minimum absolute atomic E-state index is 0.154. The topological polar surface area (TPSA) is 113 Å². The molecule has 1 heterocycles. The van der Waals surface area contributed by atoms with Gasteiger partial charge in [-0.05, 0) is 73.7 Å². The minimum Gasteiger partial charge on any atom is -0.493 e. The SMILES string of the molecule is O=C(O)CCCCN(CCc1ccccc1OCCCc1nc2ccccc2o1)Cc1ccc(C(=O)O)cc1. The van der Waals surface area contributed by atoms with E-state index in [1.54, 1.807) is 12.1 Å². The molecule has 0 saturated carbocycles. The van der Waals surface area contributed by atoms with Gasteiger partial charge in [0.1, 0.15) is 11.3 Å². The highest BCUT2D eigenvalue weighted by Gasteiger charge is 2.11. The molecule has 0 aliphatic heterocycles. The molecule has 0 fully saturated rings. The molecule has 1 aromatic heterocycles. The first-order chi connectivity index (χ1) is 19.0. The van der Waals surface area contributed by atoms with Crippen molar-refractivity contribution in [1.82, 2.24) is 9.88 Å². The molecule has 8 heteroatoms. The number of hydrogen-bond acceptors (Lipinski definition) is 6. The molecule has 0 atom stereocenters. The van der Waals surface area contributed by atoms with Crippen LogP contribution in [0.2, 0.25) is 0 Å². The number of benzene rings is 3. The van der Waals surface area contributed by atoms with Crippen LogP contribution in [-0.4, -0.2) is 51.7 Å². The summed E-state index contributed by atoms with van der Waals surface area (Å²) in [5, 5.41) is 18.1. The average Bonchev–Trinajstić information content (AvgIpc) is 3.35. The molecular weight excluding hydrogens is 496 g/mol. The number of rotatable bonds is 16. The Bertz CT molecular complexity index is 1330. The smallest absolute Gasteiger partial charge is 0.335 e. The number of ether oxygens (including phenoxy) is 1. The molecular formula is C31H34N2O6. The summed E-state index contributed by atoms with van der Waals surface area (Å²) < 4.78 is 11.9. The maximum atomic E-state index is 11.2. The van der Waals surface area contributed by atoms with Crippen LogP contribution in [0.4, 0.5) is 0 Å². The quantitative estimate of drug-likeness (QED) is 0.174. The summed E-state index contributed by atoms with van der Waals surface area (Å²) in [6.07, 6.45) is 3.79. The lowest BCUT2D eigenvalue weighted by Crippen LogP contribution is -2.27. The Morgan fingerprint density at radius 1 is 0.846 bits per heavy atom. The summed E-state index contributed by atoms with van der Waals surface area (Å²) in [6.45, 7) is 2.71. The number of aliphatic carboxylic acids is 1. The second kappa shape index (κ2) is 14.1. The fourth-order valence-electron chi connectivity index (χ4n) is 4.45. The normalized spacial score (nSPS) is 11.2. The van der Waals surface area contributed by atoms with Crippen molar-refractivity contribution in [3.63, 3.8) is 0 Å². The van der Waals surface area contributed by atoms with Gasteiger partial charge in [-0.15, -0.1) is 0 Å². The molecule has 0 unspecified atom stereocenters. The highest BCUT2D eigenvalue weighted by molar-refractivity contribution is 5.87. The van der Waals surface area contributed by atoms with Gasteiger partial charge in [0, 0.05) is 25.9 Å². The number of unbranched alkanes of at least 4 members (excludes halogenated alkanes) is 1. The van der Waals surface area contributed by atoms with Crippen LogP contribution in [0.1, 0.15) is 53.1 Å².